The average molecular weight is 309 g/mol. The van der Waals surface area contributed by atoms with Gasteiger partial charge in [0.25, 0.3) is 0 Å². The Morgan fingerprint density at radius 1 is 1.30 bits per heavy atom. The number of nitrogens with one attached hydrogen (secondary N) is 2. The predicted octanol–water partition coefficient (Wildman–Crippen LogP) is -0.876. The number of likely N-dealkylation sites (N-methyl/N-ethyl adjacent to an activating group) is 1. The van der Waals surface area contributed by atoms with Gasteiger partial charge in [0.2, 0.25) is 0 Å². The van der Waals surface area contributed by atoms with E-state index in [0.29, 0.717) is 6.54 Å². The van der Waals surface area contributed by atoms with Crippen molar-refractivity contribution in [1.29, 1.82) is 0 Å². The smallest absolute Gasteiger partial charge is 0.326 e. The highest BCUT2D eigenvalue weighted by atomic mass is 32.2. The van der Waals surface area contributed by atoms with Gasteiger partial charge in [-0.3, -0.25) is 0 Å². The molecule has 118 valence electrons. The molecule has 0 aromatic carbocycles. The molecule has 0 radical (unpaired) electrons. The Balaban J connectivity index is 4.32. The van der Waals surface area contributed by atoms with Gasteiger partial charge in [-0.15, -0.1) is 0 Å². The number of carboxylic acid groups (broad SMARTS) is 1. The normalized spacial score (nSPS) is 14.7. The average Bonchev–Trinajstić information content (AvgIpc) is 2.29. The maximum atomic E-state index is 11.6. The molecule has 0 aliphatic rings. The number of urea groups is 1. The van der Waals surface area contributed by atoms with Crippen LogP contribution in [-0.4, -0.2) is 75.2 Å². The lowest BCUT2D eigenvalue weighted by atomic mass is 10.2. The Hall–Kier alpha value is -1.35. The van der Waals surface area contributed by atoms with Crippen LogP contribution in [-0.2, 0) is 14.6 Å². The Bertz CT molecular complexity index is 435. The summed E-state index contributed by atoms with van der Waals surface area (Å²) in [6.07, 6.45) is 0.857. The standard InChI is InChI=1S/C11H23N3O5S/c1-8(14(2)3)7-12-11(17)13-9(10(15)16)5-6-20(4,18)19/h8-9H,5-7H2,1-4H3,(H,15,16)(H2,12,13,17). The summed E-state index contributed by atoms with van der Waals surface area (Å²) in [6, 6.07) is -1.75. The van der Waals surface area contributed by atoms with E-state index in [-0.39, 0.29) is 18.2 Å². The fourth-order valence-corrected chi connectivity index (χ4v) is 1.89. The van der Waals surface area contributed by atoms with Gasteiger partial charge in [0, 0.05) is 18.8 Å². The molecule has 9 heteroatoms. The van der Waals surface area contributed by atoms with Crippen LogP contribution >= 0.6 is 0 Å². The topological polar surface area (TPSA) is 116 Å². The fourth-order valence-electron chi connectivity index (χ4n) is 1.22. The molecule has 0 spiro atoms. The second-order valence-corrected chi connectivity index (χ2v) is 7.24. The molecular weight excluding hydrogens is 286 g/mol. The van der Waals surface area contributed by atoms with E-state index in [0.717, 1.165) is 6.26 Å². The summed E-state index contributed by atoms with van der Waals surface area (Å²) in [5, 5.41) is 13.7. The van der Waals surface area contributed by atoms with E-state index >= 15 is 0 Å². The van der Waals surface area contributed by atoms with E-state index in [4.69, 9.17) is 5.11 Å². The summed E-state index contributed by atoms with van der Waals surface area (Å²) < 4.78 is 22.0. The maximum absolute atomic E-state index is 11.6. The molecule has 0 fully saturated rings. The van der Waals surface area contributed by atoms with Crippen LogP contribution in [0.25, 0.3) is 0 Å². The van der Waals surface area contributed by atoms with E-state index in [1.165, 1.54) is 0 Å². The Labute approximate surface area is 119 Å². The van der Waals surface area contributed by atoms with Crippen LogP contribution in [0.2, 0.25) is 0 Å². The number of aliphatic carboxylic acids is 1. The minimum absolute atomic E-state index is 0.0973. The van der Waals surface area contributed by atoms with Gasteiger partial charge in [0.15, 0.2) is 0 Å². The van der Waals surface area contributed by atoms with Crippen molar-refractivity contribution >= 4 is 21.8 Å². The Kier molecular flexibility index (Phi) is 7.51. The first kappa shape index (κ1) is 18.7. The number of hydrogen-bond acceptors (Lipinski definition) is 5. The van der Waals surface area contributed by atoms with Crippen molar-refractivity contribution in [3.05, 3.63) is 0 Å². The van der Waals surface area contributed by atoms with Crippen molar-refractivity contribution in [3.63, 3.8) is 0 Å². The monoisotopic (exact) mass is 309 g/mol. The van der Waals surface area contributed by atoms with Gasteiger partial charge in [-0.05, 0) is 27.4 Å². The zero-order chi connectivity index (χ0) is 15.9. The summed E-state index contributed by atoms with van der Waals surface area (Å²) in [5.74, 6) is -1.55. The molecule has 0 rings (SSSR count). The van der Waals surface area contributed by atoms with Crippen LogP contribution in [0.4, 0.5) is 4.79 Å². The van der Waals surface area contributed by atoms with E-state index < -0.39 is 27.9 Å². The first-order chi connectivity index (χ1) is 9.03. The third-order valence-electron chi connectivity index (χ3n) is 2.82. The number of nitrogens with zero attached hydrogens (tertiary/aromatic N) is 1. The van der Waals surface area contributed by atoms with Gasteiger partial charge in [-0.1, -0.05) is 0 Å². The molecule has 20 heavy (non-hydrogen) atoms. The number of sulfone groups is 1. The van der Waals surface area contributed by atoms with Crippen molar-refractivity contribution in [3.8, 4) is 0 Å². The lowest BCUT2D eigenvalue weighted by molar-refractivity contribution is -0.139. The van der Waals surface area contributed by atoms with Crippen molar-refractivity contribution < 1.29 is 23.1 Å². The zero-order valence-corrected chi connectivity index (χ0v) is 13.0. The number of carbonyl (C=O) groups excluding carboxylic acids is 1. The molecule has 3 N–H and O–H groups in total. The van der Waals surface area contributed by atoms with E-state index in [1.807, 2.05) is 25.9 Å². The molecule has 0 aliphatic carbocycles. The van der Waals surface area contributed by atoms with Gasteiger partial charge in [-0.25, -0.2) is 18.0 Å². The molecule has 0 saturated carbocycles. The van der Waals surface area contributed by atoms with E-state index in [2.05, 4.69) is 10.6 Å². The molecule has 0 aromatic heterocycles. The predicted molar refractivity (Wildman–Crippen MR) is 75.4 cm³/mol. The molecular formula is C11H23N3O5S. The summed E-state index contributed by atoms with van der Waals surface area (Å²) >= 11 is 0. The molecule has 2 atom stereocenters. The second kappa shape index (κ2) is 8.05. The molecule has 0 heterocycles. The number of amides is 2. The first-order valence-corrected chi connectivity index (χ1v) is 8.20. The van der Waals surface area contributed by atoms with E-state index in [1.54, 1.807) is 0 Å². The molecule has 0 aromatic rings. The third-order valence-corrected chi connectivity index (χ3v) is 3.80. The zero-order valence-electron chi connectivity index (χ0n) is 12.2. The van der Waals surface area contributed by atoms with Crippen molar-refractivity contribution in [1.82, 2.24) is 15.5 Å². The van der Waals surface area contributed by atoms with Crippen LogP contribution < -0.4 is 10.6 Å². The highest BCUT2D eigenvalue weighted by molar-refractivity contribution is 7.90. The summed E-state index contributed by atoms with van der Waals surface area (Å²) in [5.41, 5.74) is 0. The minimum Gasteiger partial charge on any atom is -0.480 e. The Morgan fingerprint density at radius 2 is 1.85 bits per heavy atom. The maximum Gasteiger partial charge on any atom is 0.326 e. The van der Waals surface area contributed by atoms with Gasteiger partial charge in [-0.2, -0.15) is 0 Å². The minimum atomic E-state index is -3.27. The molecule has 0 bridgehead atoms. The van der Waals surface area contributed by atoms with Gasteiger partial charge >= 0.3 is 12.0 Å². The molecule has 2 amide bonds. The van der Waals surface area contributed by atoms with Gasteiger partial charge in [0.1, 0.15) is 15.9 Å². The van der Waals surface area contributed by atoms with Crippen LogP contribution in [0, 0.1) is 0 Å². The first-order valence-electron chi connectivity index (χ1n) is 6.14. The van der Waals surface area contributed by atoms with E-state index in [9.17, 15) is 18.0 Å². The second-order valence-electron chi connectivity index (χ2n) is 4.98. The quantitative estimate of drug-likeness (QED) is 0.536. The highest BCUT2D eigenvalue weighted by Gasteiger charge is 2.21. The lowest BCUT2D eigenvalue weighted by Gasteiger charge is -2.21. The lowest BCUT2D eigenvalue weighted by Crippen LogP contribution is -2.49. The fraction of sp³-hybridized carbons (Fsp3) is 0.818. The van der Waals surface area contributed by atoms with Crippen LogP contribution in [0.3, 0.4) is 0 Å². The number of carbonyl (C=O) groups is 2. The van der Waals surface area contributed by atoms with Gasteiger partial charge < -0.3 is 20.6 Å². The number of rotatable bonds is 8. The van der Waals surface area contributed by atoms with Crippen LogP contribution in [0.5, 0.6) is 0 Å². The SMILES string of the molecule is CC(CNC(=O)NC(CCS(C)(=O)=O)C(=O)O)N(C)C. The van der Waals surface area contributed by atoms with Gasteiger partial charge in [0.05, 0.1) is 5.75 Å². The third kappa shape index (κ3) is 8.70. The summed E-state index contributed by atoms with van der Waals surface area (Å²) in [4.78, 5) is 24.4. The van der Waals surface area contributed by atoms with Crippen LogP contribution in [0.1, 0.15) is 13.3 Å². The van der Waals surface area contributed by atoms with Crippen molar-refractivity contribution in [2.24, 2.45) is 0 Å². The molecule has 8 nitrogen and oxygen atoms in total. The van der Waals surface area contributed by atoms with Crippen molar-refractivity contribution in [2.75, 3.05) is 32.6 Å². The summed E-state index contributed by atoms with van der Waals surface area (Å²) in [7, 11) is 0.448. The summed E-state index contributed by atoms with van der Waals surface area (Å²) in [6.45, 7) is 2.26. The van der Waals surface area contributed by atoms with Crippen LogP contribution in [0.15, 0.2) is 0 Å². The number of carboxylic acids is 1. The number of hydrogen-bond donors (Lipinski definition) is 3. The van der Waals surface area contributed by atoms with Crippen molar-refractivity contribution in [2.45, 2.75) is 25.4 Å². The largest absolute Gasteiger partial charge is 0.480 e. The molecule has 2 unspecified atom stereocenters. The molecule has 0 aliphatic heterocycles. The Morgan fingerprint density at radius 3 is 2.25 bits per heavy atom. The molecule has 0 saturated heterocycles. The highest BCUT2D eigenvalue weighted by Crippen LogP contribution is 1.97.